The monoisotopic (exact) mass is 472 g/mol. The molecule has 2 amide bonds. The average Bonchev–Trinajstić information content (AvgIpc) is 2.78. The van der Waals surface area contributed by atoms with Crippen molar-refractivity contribution in [2.75, 3.05) is 0 Å². The average molecular weight is 473 g/mol. The minimum Gasteiger partial charge on any atom is -0.350 e. The summed E-state index contributed by atoms with van der Waals surface area (Å²) in [6.07, 6.45) is 0.155. The number of halogens is 3. The van der Waals surface area contributed by atoms with E-state index in [1.165, 1.54) is 17.0 Å². The van der Waals surface area contributed by atoms with Crippen molar-refractivity contribution in [1.82, 2.24) is 10.2 Å². The van der Waals surface area contributed by atoms with Gasteiger partial charge < -0.3 is 10.2 Å². The molecule has 0 aliphatic rings. The number of benzene rings is 3. The second kappa shape index (κ2) is 11.1. The second-order valence-corrected chi connectivity index (χ2v) is 8.28. The van der Waals surface area contributed by atoms with Gasteiger partial charge in [0.1, 0.15) is 11.9 Å². The highest BCUT2D eigenvalue weighted by molar-refractivity contribution is 6.35. The van der Waals surface area contributed by atoms with Crippen molar-refractivity contribution in [3.63, 3.8) is 0 Å². The zero-order valence-corrected chi connectivity index (χ0v) is 19.0. The minimum absolute atomic E-state index is 0.155. The van der Waals surface area contributed by atoms with E-state index in [2.05, 4.69) is 5.32 Å². The molecule has 32 heavy (non-hydrogen) atoms. The van der Waals surface area contributed by atoms with Gasteiger partial charge in [-0.05, 0) is 47.9 Å². The molecule has 4 nitrogen and oxygen atoms in total. The van der Waals surface area contributed by atoms with Gasteiger partial charge in [0.2, 0.25) is 11.8 Å². The van der Waals surface area contributed by atoms with Crippen LogP contribution in [0.3, 0.4) is 0 Å². The molecule has 3 rings (SSSR count). The first kappa shape index (κ1) is 23.8. The maximum atomic E-state index is 13.3. The summed E-state index contributed by atoms with van der Waals surface area (Å²) >= 11 is 12.1. The lowest BCUT2D eigenvalue weighted by Crippen LogP contribution is -2.48. The maximum absolute atomic E-state index is 13.3. The fourth-order valence-corrected chi connectivity index (χ4v) is 3.71. The predicted molar refractivity (Wildman–Crippen MR) is 125 cm³/mol. The number of carbonyl (C=O) groups excluding carboxylic acids is 2. The van der Waals surface area contributed by atoms with Gasteiger partial charge in [0, 0.05) is 23.1 Å². The molecule has 3 aromatic rings. The quantitative estimate of drug-likeness (QED) is 0.476. The zero-order valence-electron chi connectivity index (χ0n) is 17.5. The maximum Gasteiger partial charge on any atom is 0.242 e. The van der Waals surface area contributed by atoms with Gasteiger partial charge in [0.25, 0.3) is 0 Å². The zero-order chi connectivity index (χ0) is 23.1. The van der Waals surface area contributed by atoms with Gasteiger partial charge in [0.15, 0.2) is 0 Å². The lowest BCUT2D eigenvalue weighted by Gasteiger charge is -2.29. The van der Waals surface area contributed by atoms with Crippen LogP contribution in [0.2, 0.25) is 10.0 Å². The van der Waals surface area contributed by atoms with Crippen molar-refractivity contribution in [3.05, 3.63) is 105 Å². The molecule has 0 aliphatic heterocycles. The SMILES string of the molecule is C[C@@H](C(=O)NCc1ccc(Cl)cc1Cl)N(Cc1ccc(F)cc1)C(=O)Cc1ccccc1. The van der Waals surface area contributed by atoms with Crippen LogP contribution in [-0.2, 0) is 29.1 Å². The number of carbonyl (C=O) groups is 2. The lowest BCUT2D eigenvalue weighted by molar-refractivity contribution is -0.140. The molecular formula is C25H23Cl2FN2O2. The summed E-state index contributed by atoms with van der Waals surface area (Å²) in [7, 11) is 0. The molecular weight excluding hydrogens is 450 g/mol. The Bertz CT molecular complexity index is 1080. The minimum atomic E-state index is -0.748. The van der Waals surface area contributed by atoms with Crippen LogP contribution >= 0.6 is 23.2 Å². The van der Waals surface area contributed by atoms with Gasteiger partial charge in [-0.3, -0.25) is 9.59 Å². The number of rotatable bonds is 8. The third-order valence-electron chi connectivity index (χ3n) is 5.10. The Hall–Kier alpha value is -2.89. The largest absolute Gasteiger partial charge is 0.350 e. The topological polar surface area (TPSA) is 49.4 Å². The summed E-state index contributed by atoms with van der Waals surface area (Å²) in [6, 6.07) is 19.5. The van der Waals surface area contributed by atoms with Gasteiger partial charge in [-0.15, -0.1) is 0 Å². The Kier molecular flexibility index (Phi) is 8.26. The van der Waals surface area contributed by atoms with Crippen LogP contribution in [0, 0.1) is 5.82 Å². The van der Waals surface area contributed by atoms with Gasteiger partial charge in [-0.1, -0.05) is 71.7 Å². The Labute approximate surface area is 197 Å². The Morgan fingerprint density at radius 3 is 2.31 bits per heavy atom. The van der Waals surface area contributed by atoms with E-state index in [1.54, 1.807) is 37.3 Å². The molecule has 0 bridgehead atoms. The van der Waals surface area contributed by atoms with E-state index >= 15 is 0 Å². The van der Waals surface area contributed by atoms with Crippen LogP contribution < -0.4 is 5.32 Å². The van der Waals surface area contributed by atoms with Gasteiger partial charge >= 0.3 is 0 Å². The van der Waals surface area contributed by atoms with Gasteiger partial charge in [-0.25, -0.2) is 4.39 Å². The first-order valence-electron chi connectivity index (χ1n) is 10.1. The van der Waals surface area contributed by atoms with Gasteiger partial charge in [0.05, 0.1) is 6.42 Å². The van der Waals surface area contributed by atoms with Crippen molar-refractivity contribution in [3.8, 4) is 0 Å². The number of nitrogens with one attached hydrogen (secondary N) is 1. The van der Waals surface area contributed by atoms with Crippen LogP contribution in [-0.4, -0.2) is 22.8 Å². The molecule has 0 radical (unpaired) electrons. The van der Waals surface area contributed by atoms with Crippen molar-refractivity contribution < 1.29 is 14.0 Å². The van der Waals surface area contributed by atoms with E-state index in [-0.39, 0.29) is 37.1 Å². The molecule has 0 fully saturated rings. The molecule has 0 aromatic heterocycles. The van der Waals surface area contributed by atoms with Crippen molar-refractivity contribution >= 4 is 35.0 Å². The normalized spacial score (nSPS) is 11.6. The standard InChI is InChI=1S/C25H23Cl2FN2O2/c1-17(25(32)29-15-20-9-10-21(26)14-23(20)27)30(16-19-7-11-22(28)12-8-19)24(31)13-18-5-3-2-4-6-18/h2-12,14,17H,13,15-16H2,1H3,(H,29,32)/t17-/m0/s1. The summed E-state index contributed by atoms with van der Waals surface area (Å²) in [6.45, 7) is 2.06. The Morgan fingerprint density at radius 2 is 1.66 bits per heavy atom. The van der Waals surface area contributed by atoms with Gasteiger partial charge in [-0.2, -0.15) is 0 Å². The molecule has 7 heteroatoms. The number of hydrogen-bond acceptors (Lipinski definition) is 2. The van der Waals surface area contributed by atoms with Crippen molar-refractivity contribution in [2.24, 2.45) is 0 Å². The number of amides is 2. The first-order chi connectivity index (χ1) is 15.3. The summed E-state index contributed by atoms with van der Waals surface area (Å²) in [5.74, 6) is -0.881. The van der Waals surface area contributed by atoms with Crippen molar-refractivity contribution in [1.29, 1.82) is 0 Å². The molecule has 0 spiro atoms. The fourth-order valence-electron chi connectivity index (χ4n) is 3.24. The molecule has 3 aromatic carbocycles. The highest BCUT2D eigenvalue weighted by atomic mass is 35.5. The van der Waals surface area contributed by atoms with E-state index in [4.69, 9.17) is 23.2 Å². The molecule has 0 aliphatic carbocycles. The van der Waals surface area contributed by atoms with E-state index in [9.17, 15) is 14.0 Å². The molecule has 0 heterocycles. The fraction of sp³-hybridized carbons (Fsp3) is 0.200. The van der Waals surface area contributed by atoms with E-state index in [1.807, 2.05) is 30.3 Å². The third kappa shape index (κ3) is 6.55. The summed E-state index contributed by atoms with van der Waals surface area (Å²) < 4.78 is 13.3. The Morgan fingerprint density at radius 1 is 0.969 bits per heavy atom. The second-order valence-electron chi connectivity index (χ2n) is 7.44. The van der Waals surface area contributed by atoms with Crippen LogP contribution in [0.4, 0.5) is 4.39 Å². The molecule has 1 N–H and O–H groups in total. The van der Waals surface area contributed by atoms with E-state index in [0.717, 1.165) is 16.7 Å². The highest BCUT2D eigenvalue weighted by Gasteiger charge is 2.26. The summed E-state index contributed by atoms with van der Waals surface area (Å²) in [4.78, 5) is 27.5. The summed E-state index contributed by atoms with van der Waals surface area (Å²) in [5.41, 5.74) is 2.30. The smallest absolute Gasteiger partial charge is 0.242 e. The molecule has 0 saturated carbocycles. The van der Waals surface area contributed by atoms with Crippen LogP contribution in [0.15, 0.2) is 72.8 Å². The van der Waals surface area contributed by atoms with Crippen molar-refractivity contribution in [2.45, 2.75) is 32.5 Å². The van der Waals surface area contributed by atoms with Crippen LogP contribution in [0.25, 0.3) is 0 Å². The molecule has 1 atom stereocenters. The van der Waals surface area contributed by atoms with E-state index < -0.39 is 6.04 Å². The Balaban J connectivity index is 1.74. The number of nitrogens with zero attached hydrogens (tertiary/aromatic N) is 1. The number of hydrogen-bond donors (Lipinski definition) is 1. The van der Waals surface area contributed by atoms with E-state index in [0.29, 0.717) is 10.0 Å². The predicted octanol–water partition coefficient (Wildman–Crippen LogP) is 5.41. The van der Waals surface area contributed by atoms with Crippen LogP contribution in [0.5, 0.6) is 0 Å². The third-order valence-corrected chi connectivity index (χ3v) is 5.69. The first-order valence-corrected chi connectivity index (χ1v) is 10.9. The highest BCUT2D eigenvalue weighted by Crippen LogP contribution is 2.21. The molecule has 0 saturated heterocycles. The van der Waals surface area contributed by atoms with Crippen LogP contribution in [0.1, 0.15) is 23.6 Å². The molecule has 0 unspecified atom stereocenters. The summed E-state index contributed by atoms with van der Waals surface area (Å²) in [5, 5.41) is 3.79. The lowest BCUT2D eigenvalue weighted by atomic mass is 10.1. The molecule has 166 valence electrons.